The van der Waals surface area contributed by atoms with Crippen molar-refractivity contribution in [3.63, 3.8) is 0 Å². The van der Waals surface area contributed by atoms with Crippen molar-refractivity contribution < 1.29 is 14.3 Å². The molecule has 0 aliphatic carbocycles. The largest absolute Gasteiger partial charge is 0.496 e. The summed E-state index contributed by atoms with van der Waals surface area (Å²) in [6, 6.07) is 16.3. The number of esters is 1. The zero-order valence-corrected chi connectivity index (χ0v) is 15.1. The number of benzene rings is 2. The molecule has 1 spiro atoms. The van der Waals surface area contributed by atoms with E-state index in [1.807, 2.05) is 24.3 Å². The van der Waals surface area contributed by atoms with Gasteiger partial charge in [0.1, 0.15) is 16.9 Å². The van der Waals surface area contributed by atoms with Gasteiger partial charge in [-0.2, -0.15) is 0 Å². The lowest BCUT2D eigenvalue weighted by Crippen LogP contribution is -2.42. The van der Waals surface area contributed by atoms with Crippen LogP contribution in [-0.4, -0.2) is 31.1 Å². The molecule has 2 heterocycles. The molecular formula is C20H22ClNO3. The first-order valence-corrected chi connectivity index (χ1v) is 8.39. The number of fused-ring (bicyclic) bond motifs is 2. The maximum absolute atomic E-state index is 12.4. The molecule has 1 saturated heterocycles. The Morgan fingerprint density at radius 1 is 1.08 bits per heavy atom. The summed E-state index contributed by atoms with van der Waals surface area (Å²) < 4.78 is 11.2. The summed E-state index contributed by atoms with van der Waals surface area (Å²) in [7, 11) is 1.59. The minimum atomic E-state index is -0.478. The molecule has 0 saturated carbocycles. The van der Waals surface area contributed by atoms with E-state index in [4.69, 9.17) is 9.47 Å². The number of hydrogen-bond acceptors (Lipinski definition) is 4. The van der Waals surface area contributed by atoms with Crippen molar-refractivity contribution in [3.8, 4) is 5.75 Å². The predicted molar refractivity (Wildman–Crippen MR) is 98.3 cm³/mol. The van der Waals surface area contributed by atoms with E-state index in [9.17, 15) is 4.79 Å². The third kappa shape index (κ3) is 3.12. The molecule has 0 N–H and O–H groups in total. The summed E-state index contributed by atoms with van der Waals surface area (Å²) >= 11 is 0. The van der Waals surface area contributed by atoms with Crippen molar-refractivity contribution in [2.45, 2.75) is 25.0 Å². The number of carbonyl (C=O) groups excluding carboxylic acids is 1. The third-order valence-electron chi connectivity index (χ3n) is 5.14. The summed E-state index contributed by atoms with van der Waals surface area (Å²) in [6.45, 7) is 2.77. The third-order valence-corrected chi connectivity index (χ3v) is 5.14. The Hall–Kier alpha value is -2.04. The first kappa shape index (κ1) is 17.8. The van der Waals surface area contributed by atoms with E-state index in [2.05, 4.69) is 29.2 Å². The van der Waals surface area contributed by atoms with Crippen molar-refractivity contribution in [1.82, 2.24) is 4.90 Å². The van der Waals surface area contributed by atoms with Crippen LogP contribution in [0.2, 0.25) is 0 Å². The minimum absolute atomic E-state index is 0. The number of methoxy groups -OCH3 is 1. The summed E-state index contributed by atoms with van der Waals surface area (Å²) in [4.78, 5) is 14.8. The lowest BCUT2D eigenvalue weighted by atomic mass is 9.83. The lowest BCUT2D eigenvalue weighted by Gasteiger charge is -2.38. The zero-order chi connectivity index (χ0) is 16.6. The van der Waals surface area contributed by atoms with E-state index in [0.717, 1.165) is 38.0 Å². The standard InChI is InChI=1S/C20H21NO3.ClH/c1-23-17-9-5-8-16-18(17)19(22)24-20(16)10-12-21(13-11-20)14-15-6-3-2-4-7-15;/h2-9H,10-14H2,1H3;1H. The lowest BCUT2D eigenvalue weighted by molar-refractivity contribution is -0.0441. The van der Waals surface area contributed by atoms with E-state index in [1.54, 1.807) is 7.11 Å². The maximum atomic E-state index is 12.4. The van der Waals surface area contributed by atoms with Crippen molar-refractivity contribution in [1.29, 1.82) is 0 Å². The van der Waals surface area contributed by atoms with Crippen LogP contribution in [0.15, 0.2) is 48.5 Å². The molecule has 0 aromatic heterocycles. The Labute approximate surface area is 154 Å². The second-order valence-corrected chi connectivity index (χ2v) is 6.53. The van der Waals surface area contributed by atoms with E-state index in [1.165, 1.54) is 5.56 Å². The van der Waals surface area contributed by atoms with Crippen LogP contribution in [-0.2, 0) is 16.9 Å². The van der Waals surface area contributed by atoms with Gasteiger partial charge in [0.05, 0.1) is 7.11 Å². The van der Waals surface area contributed by atoms with Gasteiger partial charge in [0.25, 0.3) is 0 Å². The normalized spacial score (nSPS) is 18.4. The fourth-order valence-electron chi connectivity index (χ4n) is 3.86. The molecule has 2 aliphatic heterocycles. The molecule has 0 unspecified atom stereocenters. The van der Waals surface area contributed by atoms with Gasteiger partial charge < -0.3 is 9.47 Å². The number of nitrogens with zero attached hydrogens (tertiary/aromatic N) is 1. The number of ether oxygens (including phenoxy) is 2. The van der Waals surface area contributed by atoms with Gasteiger partial charge in [-0.25, -0.2) is 4.79 Å². The van der Waals surface area contributed by atoms with Crippen LogP contribution in [0.5, 0.6) is 5.75 Å². The molecule has 0 amide bonds. The summed E-state index contributed by atoms with van der Waals surface area (Å²) in [5.74, 6) is 0.361. The molecule has 2 aliphatic rings. The van der Waals surface area contributed by atoms with Gasteiger partial charge in [-0.3, -0.25) is 4.90 Å². The monoisotopic (exact) mass is 359 g/mol. The number of piperidine rings is 1. The molecule has 0 bridgehead atoms. The summed E-state index contributed by atoms with van der Waals surface area (Å²) in [5, 5.41) is 0. The SMILES string of the molecule is COc1cccc2c1C(=O)OC21CCN(Cc2ccccc2)CC1.Cl. The van der Waals surface area contributed by atoms with E-state index >= 15 is 0 Å². The Kier molecular flexibility index (Phi) is 5.02. The predicted octanol–water partition coefficient (Wildman–Crippen LogP) is 3.78. The highest BCUT2D eigenvalue weighted by molar-refractivity contribution is 5.97. The van der Waals surface area contributed by atoms with Gasteiger partial charge in [0, 0.05) is 38.0 Å². The highest BCUT2D eigenvalue weighted by Gasteiger charge is 2.48. The molecule has 4 rings (SSSR count). The topological polar surface area (TPSA) is 38.8 Å². The van der Waals surface area contributed by atoms with Crippen LogP contribution >= 0.6 is 12.4 Å². The molecule has 4 nitrogen and oxygen atoms in total. The molecule has 5 heteroatoms. The van der Waals surface area contributed by atoms with Crippen molar-refractivity contribution in [3.05, 3.63) is 65.2 Å². The van der Waals surface area contributed by atoms with Crippen LogP contribution in [0.25, 0.3) is 0 Å². The highest BCUT2D eigenvalue weighted by atomic mass is 35.5. The summed E-state index contributed by atoms with van der Waals surface area (Å²) in [6.07, 6.45) is 1.65. The van der Waals surface area contributed by atoms with Crippen molar-refractivity contribution in [2.24, 2.45) is 0 Å². The Balaban J connectivity index is 0.00000182. The summed E-state index contributed by atoms with van der Waals surface area (Å²) in [5.41, 5.74) is 2.44. The smallest absolute Gasteiger partial charge is 0.343 e. The number of carbonyl (C=O) groups is 1. The quantitative estimate of drug-likeness (QED) is 0.782. The maximum Gasteiger partial charge on any atom is 0.343 e. The molecule has 2 aromatic rings. The Bertz CT molecular complexity index is 755. The van der Waals surface area contributed by atoms with Gasteiger partial charge >= 0.3 is 5.97 Å². The molecule has 0 atom stereocenters. The second-order valence-electron chi connectivity index (χ2n) is 6.53. The van der Waals surface area contributed by atoms with Crippen molar-refractivity contribution in [2.75, 3.05) is 20.2 Å². The first-order chi connectivity index (χ1) is 11.7. The van der Waals surface area contributed by atoms with Gasteiger partial charge in [-0.15, -0.1) is 12.4 Å². The second kappa shape index (κ2) is 7.06. The number of likely N-dealkylation sites (tertiary alicyclic amines) is 1. The van der Waals surface area contributed by atoms with E-state index in [-0.39, 0.29) is 18.4 Å². The van der Waals surface area contributed by atoms with Crippen LogP contribution in [0.1, 0.15) is 34.3 Å². The van der Waals surface area contributed by atoms with Crippen LogP contribution in [0, 0.1) is 0 Å². The molecule has 0 radical (unpaired) electrons. The van der Waals surface area contributed by atoms with Crippen molar-refractivity contribution >= 4 is 18.4 Å². The van der Waals surface area contributed by atoms with Gasteiger partial charge in [0.2, 0.25) is 0 Å². The van der Waals surface area contributed by atoms with Gasteiger partial charge in [-0.1, -0.05) is 42.5 Å². The average molecular weight is 360 g/mol. The van der Waals surface area contributed by atoms with Crippen LogP contribution in [0.3, 0.4) is 0 Å². The highest BCUT2D eigenvalue weighted by Crippen LogP contribution is 2.46. The van der Waals surface area contributed by atoms with Crippen LogP contribution < -0.4 is 4.74 Å². The van der Waals surface area contributed by atoms with E-state index in [0.29, 0.717) is 11.3 Å². The number of halogens is 1. The number of hydrogen-bond donors (Lipinski definition) is 0. The van der Waals surface area contributed by atoms with Gasteiger partial charge in [0.15, 0.2) is 0 Å². The van der Waals surface area contributed by atoms with Gasteiger partial charge in [-0.05, 0) is 11.6 Å². The molecular weight excluding hydrogens is 338 g/mol. The molecule has 132 valence electrons. The number of rotatable bonds is 3. The Morgan fingerprint density at radius 3 is 2.48 bits per heavy atom. The zero-order valence-electron chi connectivity index (χ0n) is 14.2. The first-order valence-electron chi connectivity index (χ1n) is 8.39. The van der Waals surface area contributed by atoms with Crippen LogP contribution in [0.4, 0.5) is 0 Å². The minimum Gasteiger partial charge on any atom is -0.496 e. The Morgan fingerprint density at radius 2 is 1.80 bits per heavy atom. The average Bonchev–Trinajstić information content (AvgIpc) is 2.90. The van der Waals surface area contributed by atoms with E-state index < -0.39 is 5.60 Å². The molecule has 1 fully saturated rings. The molecule has 25 heavy (non-hydrogen) atoms. The molecule has 2 aromatic carbocycles. The fourth-order valence-corrected chi connectivity index (χ4v) is 3.86. The fraction of sp³-hybridized carbons (Fsp3) is 0.350.